The summed E-state index contributed by atoms with van der Waals surface area (Å²) < 4.78 is 10.6. The molecular formula is C18H25NO4. The number of hydrogen-bond acceptors (Lipinski definition) is 5. The highest BCUT2D eigenvalue weighted by Crippen LogP contribution is 2.22. The van der Waals surface area contributed by atoms with Crippen molar-refractivity contribution in [1.29, 1.82) is 0 Å². The minimum Gasteiger partial charge on any atom is -0.423 e. The van der Waals surface area contributed by atoms with Crippen molar-refractivity contribution in [3.05, 3.63) is 45.3 Å². The lowest BCUT2D eigenvalue weighted by Gasteiger charge is -2.30. The van der Waals surface area contributed by atoms with Crippen molar-refractivity contribution >= 4 is 11.0 Å². The van der Waals surface area contributed by atoms with Gasteiger partial charge in [0, 0.05) is 37.3 Å². The Morgan fingerprint density at radius 3 is 2.61 bits per heavy atom. The first-order chi connectivity index (χ1) is 10.9. The molecule has 0 amide bonds. The number of methoxy groups -OCH3 is 1. The number of benzene rings is 1. The van der Waals surface area contributed by atoms with Crippen LogP contribution in [-0.4, -0.2) is 31.0 Å². The van der Waals surface area contributed by atoms with E-state index in [1.54, 1.807) is 7.11 Å². The Balaban J connectivity index is 2.35. The second-order valence-electron chi connectivity index (χ2n) is 6.34. The smallest absolute Gasteiger partial charge is 0.336 e. The maximum atomic E-state index is 11.8. The quantitative estimate of drug-likeness (QED) is 0.766. The minimum atomic E-state index is -0.356. The third-order valence-corrected chi connectivity index (χ3v) is 4.28. The molecule has 1 heterocycles. The van der Waals surface area contributed by atoms with Crippen molar-refractivity contribution in [3.8, 4) is 0 Å². The highest BCUT2D eigenvalue weighted by atomic mass is 16.5. The Labute approximate surface area is 136 Å². The molecule has 0 spiro atoms. The molecule has 1 unspecified atom stereocenters. The summed E-state index contributed by atoms with van der Waals surface area (Å²) in [6, 6.07) is 5.47. The van der Waals surface area contributed by atoms with Crippen LogP contribution >= 0.6 is 0 Å². The Kier molecular flexibility index (Phi) is 5.57. The first-order valence-corrected chi connectivity index (χ1v) is 7.77. The molecule has 2 rings (SSSR count). The van der Waals surface area contributed by atoms with Gasteiger partial charge in [-0.2, -0.15) is 0 Å². The highest BCUT2D eigenvalue weighted by Gasteiger charge is 2.23. The number of hydrogen-bond donors (Lipinski definition) is 2. The van der Waals surface area contributed by atoms with Crippen LogP contribution in [0.2, 0.25) is 0 Å². The molecule has 0 fully saturated rings. The summed E-state index contributed by atoms with van der Waals surface area (Å²) in [4.78, 5) is 11.8. The zero-order valence-corrected chi connectivity index (χ0v) is 14.2. The highest BCUT2D eigenvalue weighted by molar-refractivity contribution is 5.81. The fourth-order valence-electron chi connectivity index (χ4n) is 2.71. The number of nitrogens with one attached hydrogen (secondary N) is 1. The summed E-state index contributed by atoms with van der Waals surface area (Å²) in [7, 11) is 1.63. The van der Waals surface area contributed by atoms with E-state index in [4.69, 9.17) is 9.15 Å². The van der Waals surface area contributed by atoms with E-state index in [1.807, 2.05) is 32.9 Å². The van der Waals surface area contributed by atoms with Gasteiger partial charge in [-0.15, -0.1) is 0 Å². The van der Waals surface area contributed by atoms with Gasteiger partial charge < -0.3 is 19.6 Å². The van der Waals surface area contributed by atoms with Crippen LogP contribution in [0.25, 0.3) is 11.0 Å². The van der Waals surface area contributed by atoms with Gasteiger partial charge in [0.15, 0.2) is 0 Å². The Hall–Kier alpha value is -1.69. The van der Waals surface area contributed by atoms with Gasteiger partial charge in [-0.05, 0) is 56.0 Å². The number of rotatable bonds is 7. The van der Waals surface area contributed by atoms with Crippen molar-refractivity contribution in [2.45, 2.75) is 39.3 Å². The van der Waals surface area contributed by atoms with E-state index in [0.717, 1.165) is 22.1 Å². The van der Waals surface area contributed by atoms with Gasteiger partial charge in [0.2, 0.25) is 0 Å². The number of fused-ring (bicyclic) bond motifs is 1. The lowest BCUT2D eigenvalue weighted by molar-refractivity contribution is 0.0970. The predicted octanol–water partition coefficient (Wildman–Crippen LogP) is 2.29. The molecule has 0 aliphatic rings. The second kappa shape index (κ2) is 7.25. The molecule has 126 valence electrons. The van der Waals surface area contributed by atoms with Crippen LogP contribution in [0.4, 0.5) is 0 Å². The lowest BCUT2D eigenvalue weighted by Crippen LogP contribution is -2.46. The standard InChI is InChI=1S/C18H25NO4/c1-12-7-15-14(9-17(21)23-16(15)8-13(12)2)10-19-18(3,5-6-20)11-22-4/h7-9,19-20H,5-6,10-11H2,1-4H3. The summed E-state index contributed by atoms with van der Waals surface area (Å²) in [6.07, 6.45) is 0.568. The first kappa shape index (κ1) is 17.7. The number of aliphatic hydroxyl groups is 1. The lowest BCUT2D eigenvalue weighted by atomic mass is 9.98. The van der Waals surface area contributed by atoms with Gasteiger partial charge in [0.05, 0.1) is 6.61 Å². The average Bonchev–Trinajstić information content (AvgIpc) is 2.47. The average molecular weight is 319 g/mol. The molecule has 23 heavy (non-hydrogen) atoms. The number of aliphatic hydroxyl groups excluding tert-OH is 1. The molecule has 2 aromatic rings. The topological polar surface area (TPSA) is 71.7 Å². The SMILES string of the molecule is COCC(C)(CCO)NCc1cc(=O)oc2cc(C)c(C)cc12. The summed E-state index contributed by atoms with van der Waals surface area (Å²) in [5, 5.41) is 13.6. The van der Waals surface area contributed by atoms with Crippen LogP contribution < -0.4 is 10.9 Å². The van der Waals surface area contributed by atoms with Crippen molar-refractivity contribution in [2.24, 2.45) is 0 Å². The number of ether oxygens (including phenoxy) is 1. The van der Waals surface area contributed by atoms with Crippen LogP contribution in [0.15, 0.2) is 27.4 Å². The maximum Gasteiger partial charge on any atom is 0.336 e. The van der Waals surface area contributed by atoms with Crippen LogP contribution in [0.1, 0.15) is 30.0 Å². The van der Waals surface area contributed by atoms with Gasteiger partial charge in [0.1, 0.15) is 5.58 Å². The molecule has 1 aromatic heterocycles. The molecule has 0 saturated heterocycles. The molecule has 0 aliphatic carbocycles. The van der Waals surface area contributed by atoms with Gasteiger partial charge in [-0.25, -0.2) is 4.79 Å². The third kappa shape index (κ3) is 4.19. The zero-order valence-electron chi connectivity index (χ0n) is 14.2. The molecule has 2 N–H and O–H groups in total. The van der Waals surface area contributed by atoms with E-state index >= 15 is 0 Å². The summed E-state index contributed by atoms with van der Waals surface area (Å²) >= 11 is 0. The van der Waals surface area contributed by atoms with Gasteiger partial charge in [-0.3, -0.25) is 0 Å². The van der Waals surface area contributed by atoms with Crippen molar-refractivity contribution < 1.29 is 14.3 Å². The van der Waals surface area contributed by atoms with Gasteiger partial charge >= 0.3 is 5.63 Å². The van der Waals surface area contributed by atoms with Crippen LogP contribution in [0.5, 0.6) is 0 Å². The largest absolute Gasteiger partial charge is 0.423 e. The van der Waals surface area contributed by atoms with Crippen molar-refractivity contribution in [1.82, 2.24) is 5.32 Å². The Morgan fingerprint density at radius 2 is 1.96 bits per heavy atom. The molecule has 0 saturated carbocycles. The molecule has 1 aromatic carbocycles. The monoisotopic (exact) mass is 319 g/mol. The van der Waals surface area contributed by atoms with E-state index in [-0.39, 0.29) is 17.8 Å². The normalized spacial score (nSPS) is 14.1. The molecule has 5 heteroatoms. The number of aryl methyl sites for hydroxylation is 2. The van der Waals surface area contributed by atoms with Crippen molar-refractivity contribution in [3.63, 3.8) is 0 Å². The van der Waals surface area contributed by atoms with Crippen LogP contribution in [-0.2, 0) is 11.3 Å². The van der Waals surface area contributed by atoms with E-state index < -0.39 is 0 Å². The van der Waals surface area contributed by atoms with Gasteiger partial charge in [0.25, 0.3) is 0 Å². The molecule has 0 aliphatic heterocycles. The maximum absolute atomic E-state index is 11.8. The molecule has 0 bridgehead atoms. The fraction of sp³-hybridized carbons (Fsp3) is 0.500. The van der Waals surface area contributed by atoms with E-state index in [2.05, 4.69) is 5.32 Å². The molecule has 0 radical (unpaired) electrons. The van der Waals surface area contributed by atoms with Crippen molar-refractivity contribution in [2.75, 3.05) is 20.3 Å². The molecular weight excluding hydrogens is 294 g/mol. The fourth-order valence-corrected chi connectivity index (χ4v) is 2.71. The minimum absolute atomic E-state index is 0.0723. The van der Waals surface area contributed by atoms with Crippen LogP contribution in [0.3, 0.4) is 0 Å². The summed E-state index contributed by atoms with van der Waals surface area (Å²) in [5.74, 6) is 0. The van der Waals surface area contributed by atoms with E-state index in [9.17, 15) is 9.90 Å². The Bertz CT molecular complexity index is 730. The summed E-state index contributed by atoms with van der Waals surface area (Å²) in [5.41, 5.74) is 3.03. The van der Waals surface area contributed by atoms with E-state index in [1.165, 1.54) is 6.07 Å². The molecule has 1 atom stereocenters. The zero-order chi connectivity index (χ0) is 17.0. The Morgan fingerprint density at radius 1 is 1.26 bits per heavy atom. The van der Waals surface area contributed by atoms with E-state index in [0.29, 0.717) is 25.2 Å². The first-order valence-electron chi connectivity index (χ1n) is 7.77. The van der Waals surface area contributed by atoms with Crippen LogP contribution in [0, 0.1) is 13.8 Å². The van der Waals surface area contributed by atoms with Gasteiger partial charge in [-0.1, -0.05) is 0 Å². The predicted molar refractivity (Wildman–Crippen MR) is 90.8 cm³/mol. The third-order valence-electron chi connectivity index (χ3n) is 4.28. The second-order valence-corrected chi connectivity index (χ2v) is 6.34. The molecule has 5 nitrogen and oxygen atoms in total. The summed E-state index contributed by atoms with van der Waals surface area (Å²) in [6.45, 7) is 7.09.